The molecule has 0 unspecified atom stereocenters. The number of halogens is 3. The summed E-state index contributed by atoms with van der Waals surface area (Å²) in [5, 5.41) is 17.2. The maximum absolute atomic E-state index is 14.4. The second kappa shape index (κ2) is 13.4. The van der Waals surface area contributed by atoms with E-state index in [1.165, 1.54) is 28.5 Å². The minimum absolute atomic E-state index is 0.0218. The first-order chi connectivity index (χ1) is 23.7. The van der Waals surface area contributed by atoms with Gasteiger partial charge in [0.05, 0.1) is 58.5 Å². The van der Waals surface area contributed by atoms with Crippen molar-refractivity contribution in [3.05, 3.63) is 123 Å². The van der Waals surface area contributed by atoms with Gasteiger partial charge in [-0.15, -0.1) is 0 Å². The van der Waals surface area contributed by atoms with E-state index in [1.807, 2.05) is 0 Å². The van der Waals surface area contributed by atoms with Crippen molar-refractivity contribution >= 4 is 55.3 Å². The normalized spacial score (nSPS) is 12.3. The molecule has 1 amide bonds. The zero-order valence-electron chi connectivity index (χ0n) is 26.8. The quantitative estimate of drug-likeness (QED) is 0.182. The van der Waals surface area contributed by atoms with E-state index in [1.54, 1.807) is 55.6 Å². The van der Waals surface area contributed by atoms with Gasteiger partial charge in [0, 0.05) is 19.5 Å². The van der Waals surface area contributed by atoms with Crippen molar-refractivity contribution in [1.29, 1.82) is 0 Å². The molecule has 258 valence electrons. The van der Waals surface area contributed by atoms with Crippen LogP contribution in [0.15, 0.2) is 83.7 Å². The molecule has 0 saturated carbocycles. The van der Waals surface area contributed by atoms with Gasteiger partial charge in [0.25, 0.3) is 5.56 Å². The van der Waals surface area contributed by atoms with E-state index in [-0.39, 0.29) is 62.7 Å². The number of nitrogens with zero attached hydrogens (tertiary/aromatic N) is 5. The number of fused-ring (bicyclic) bond motifs is 2. The summed E-state index contributed by atoms with van der Waals surface area (Å²) in [6.07, 6.45) is -0.738. The van der Waals surface area contributed by atoms with Gasteiger partial charge in [-0.25, -0.2) is 31.3 Å². The molecule has 6 rings (SSSR count). The van der Waals surface area contributed by atoms with E-state index in [2.05, 4.69) is 15.4 Å². The molecule has 0 bridgehead atoms. The summed E-state index contributed by atoms with van der Waals surface area (Å²) in [5.41, 5.74) is 0.729. The number of methoxy groups -OCH3 is 1. The molecule has 0 radical (unpaired) electrons. The van der Waals surface area contributed by atoms with Crippen LogP contribution in [0.4, 0.5) is 19.4 Å². The molecule has 2 aromatic heterocycles. The number of aromatic nitrogens is 4. The van der Waals surface area contributed by atoms with Crippen molar-refractivity contribution in [2.45, 2.75) is 19.0 Å². The Morgan fingerprint density at radius 2 is 1.72 bits per heavy atom. The Kier molecular flexibility index (Phi) is 9.20. The molecule has 16 heteroatoms. The van der Waals surface area contributed by atoms with Crippen LogP contribution in [0, 0.1) is 11.6 Å². The van der Waals surface area contributed by atoms with Gasteiger partial charge in [-0.2, -0.15) is 5.10 Å². The van der Waals surface area contributed by atoms with E-state index in [9.17, 15) is 31.9 Å². The van der Waals surface area contributed by atoms with Crippen molar-refractivity contribution in [2.24, 2.45) is 7.05 Å². The van der Waals surface area contributed by atoms with Gasteiger partial charge in [-0.3, -0.25) is 14.0 Å². The standard InChI is InChI=1S/C34H29ClF2N6O6S/c1-41-30-28(13-12-25(35)29(30)32(40-41)42(50(3,47)48)18-19-8-10-23(49-2)11-9-19)43-31(38-26-7-5-4-6-24(26)33(43)44)27(39-34(45)46)16-20-14-21(36)17-22(37)15-20/h4-15,17,27,39H,16,18H2,1-3H3,(H,45,46)/t27-/m0/s1. The van der Waals surface area contributed by atoms with Crippen molar-refractivity contribution in [3.8, 4) is 11.4 Å². The Morgan fingerprint density at radius 3 is 2.36 bits per heavy atom. The van der Waals surface area contributed by atoms with Crippen LogP contribution in [0.3, 0.4) is 0 Å². The molecule has 50 heavy (non-hydrogen) atoms. The zero-order chi connectivity index (χ0) is 35.9. The molecule has 0 aliphatic rings. The number of amides is 1. The van der Waals surface area contributed by atoms with Crippen LogP contribution in [0.25, 0.3) is 27.5 Å². The summed E-state index contributed by atoms with van der Waals surface area (Å²) in [4.78, 5) is 31.2. The fourth-order valence-corrected chi connectivity index (χ4v) is 6.94. The molecule has 0 aliphatic heterocycles. The number of benzene rings is 4. The molecule has 1 atom stereocenters. The van der Waals surface area contributed by atoms with Crippen LogP contribution in [0.5, 0.6) is 5.75 Å². The summed E-state index contributed by atoms with van der Waals surface area (Å²) in [6.45, 7) is -0.118. The van der Waals surface area contributed by atoms with Gasteiger partial charge in [0.2, 0.25) is 10.0 Å². The third-order valence-corrected chi connectivity index (χ3v) is 9.45. The van der Waals surface area contributed by atoms with Crippen LogP contribution in [-0.4, -0.2) is 52.3 Å². The number of hydrogen-bond donors (Lipinski definition) is 2. The topological polar surface area (TPSA) is 149 Å². The largest absolute Gasteiger partial charge is 0.497 e. The van der Waals surface area contributed by atoms with Gasteiger partial charge in [-0.1, -0.05) is 35.9 Å². The summed E-state index contributed by atoms with van der Waals surface area (Å²) in [5.74, 6) is -1.29. The lowest BCUT2D eigenvalue weighted by Gasteiger charge is -2.23. The van der Waals surface area contributed by atoms with Crippen LogP contribution < -0.4 is 19.9 Å². The predicted molar refractivity (Wildman–Crippen MR) is 185 cm³/mol. The van der Waals surface area contributed by atoms with Crippen molar-refractivity contribution in [1.82, 2.24) is 24.6 Å². The van der Waals surface area contributed by atoms with Crippen LogP contribution >= 0.6 is 11.6 Å². The average Bonchev–Trinajstić information content (AvgIpc) is 3.40. The van der Waals surface area contributed by atoms with E-state index in [4.69, 9.17) is 16.3 Å². The molecular weight excluding hydrogens is 694 g/mol. The van der Waals surface area contributed by atoms with Crippen molar-refractivity contribution < 1.29 is 31.8 Å². The molecular formula is C34H29ClF2N6O6S. The second-order valence-electron chi connectivity index (χ2n) is 11.5. The fourth-order valence-electron chi connectivity index (χ4n) is 5.88. The highest BCUT2D eigenvalue weighted by Gasteiger charge is 2.30. The highest BCUT2D eigenvalue weighted by molar-refractivity contribution is 7.92. The highest BCUT2D eigenvalue weighted by atomic mass is 35.5. The molecule has 0 spiro atoms. The predicted octanol–water partition coefficient (Wildman–Crippen LogP) is 5.73. The van der Waals surface area contributed by atoms with Crippen LogP contribution in [0.2, 0.25) is 5.02 Å². The molecule has 0 fully saturated rings. The van der Waals surface area contributed by atoms with Crippen LogP contribution in [0.1, 0.15) is 23.0 Å². The number of para-hydroxylation sites is 1. The molecule has 0 saturated heterocycles. The van der Waals surface area contributed by atoms with E-state index >= 15 is 0 Å². The lowest BCUT2D eigenvalue weighted by atomic mass is 10.0. The Bertz CT molecular complexity index is 2430. The number of anilines is 1. The number of carboxylic acid groups (broad SMARTS) is 1. The molecule has 4 aromatic carbocycles. The third kappa shape index (κ3) is 6.69. The van der Waals surface area contributed by atoms with Gasteiger partial charge in [0.15, 0.2) is 5.82 Å². The van der Waals surface area contributed by atoms with Gasteiger partial charge >= 0.3 is 6.09 Å². The van der Waals surface area contributed by atoms with E-state index in [0.717, 1.165) is 22.7 Å². The summed E-state index contributed by atoms with van der Waals surface area (Å²) < 4.78 is 63.8. The minimum Gasteiger partial charge on any atom is -0.497 e. The molecule has 2 N–H and O–H groups in total. The first kappa shape index (κ1) is 34.3. The smallest absolute Gasteiger partial charge is 0.405 e. The van der Waals surface area contributed by atoms with E-state index < -0.39 is 39.4 Å². The SMILES string of the molecule is COc1ccc(CN(c2nn(C)c3c(-n4c([C@H](Cc5cc(F)cc(F)c5)NC(=O)O)nc5ccccc5c4=O)ccc(Cl)c23)S(C)(=O)=O)cc1. The third-order valence-electron chi connectivity index (χ3n) is 8.03. The number of sulfonamides is 1. The maximum Gasteiger partial charge on any atom is 0.405 e. The number of aryl methyl sites for hydroxylation is 1. The second-order valence-corrected chi connectivity index (χ2v) is 13.8. The Morgan fingerprint density at radius 1 is 1.04 bits per heavy atom. The molecule has 6 aromatic rings. The van der Waals surface area contributed by atoms with E-state index in [0.29, 0.717) is 17.4 Å². The van der Waals surface area contributed by atoms with Crippen molar-refractivity contribution in [3.63, 3.8) is 0 Å². The van der Waals surface area contributed by atoms with Crippen LogP contribution in [-0.2, 0) is 30.0 Å². The number of nitrogens with one attached hydrogen (secondary N) is 1. The molecule has 0 aliphatic carbocycles. The first-order valence-electron chi connectivity index (χ1n) is 15.0. The number of ether oxygens (including phenoxy) is 1. The molecule has 2 heterocycles. The number of hydrogen-bond acceptors (Lipinski definition) is 7. The zero-order valence-corrected chi connectivity index (χ0v) is 28.3. The van der Waals surface area contributed by atoms with Gasteiger partial charge in [0.1, 0.15) is 23.2 Å². The Hall–Kier alpha value is -5.54. The lowest BCUT2D eigenvalue weighted by Crippen LogP contribution is -2.35. The monoisotopic (exact) mass is 722 g/mol. The minimum atomic E-state index is -3.97. The van der Waals surface area contributed by atoms with Gasteiger partial charge < -0.3 is 15.2 Å². The first-order valence-corrected chi connectivity index (χ1v) is 17.2. The summed E-state index contributed by atoms with van der Waals surface area (Å²) >= 11 is 6.76. The number of carbonyl (C=O) groups is 1. The molecule has 12 nitrogen and oxygen atoms in total. The maximum atomic E-state index is 14.4. The average molecular weight is 723 g/mol. The lowest BCUT2D eigenvalue weighted by molar-refractivity contribution is 0.189. The summed E-state index contributed by atoms with van der Waals surface area (Å²) in [6, 6.07) is 17.7. The summed E-state index contributed by atoms with van der Waals surface area (Å²) in [7, 11) is -0.911. The Balaban J connectivity index is 1.61. The fraction of sp³-hybridized carbons (Fsp3) is 0.176. The van der Waals surface area contributed by atoms with Gasteiger partial charge in [-0.05, 0) is 59.7 Å². The highest BCUT2D eigenvalue weighted by Crippen LogP contribution is 2.38. The Labute approximate surface area is 289 Å². The number of rotatable bonds is 10. The van der Waals surface area contributed by atoms with Crippen molar-refractivity contribution in [2.75, 3.05) is 17.7 Å².